The molecule has 0 spiro atoms. The average Bonchev–Trinajstić information content (AvgIpc) is 2.68. The molecule has 0 atom stereocenters. The number of hydrogen-bond acceptors (Lipinski definition) is 2. The van der Waals surface area contributed by atoms with Crippen molar-refractivity contribution in [1.82, 2.24) is 0 Å². The molecule has 0 radical (unpaired) electrons. The van der Waals surface area contributed by atoms with E-state index in [1.54, 1.807) is 14.2 Å². The van der Waals surface area contributed by atoms with E-state index >= 15 is 0 Å². The molecule has 0 heterocycles. The Kier molecular flexibility index (Phi) is 4.36. The number of rotatable bonds is 4. The molecule has 0 saturated heterocycles. The Bertz CT molecular complexity index is 1030. The van der Waals surface area contributed by atoms with Crippen LogP contribution in [0.3, 0.4) is 0 Å². The molecule has 0 fully saturated rings. The molecule has 0 N–H and O–H groups in total. The predicted molar refractivity (Wildman–Crippen MR) is 108 cm³/mol. The zero-order valence-electron chi connectivity index (χ0n) is 14.4. The largest absolute Gasteiger partial charge is 0.397 e. The Morgan fingerprint density at radius 1 is 0.600 bits per heavy atom. The minimum atomic E-state index is -1.95. The third kappa shape index (κ3) is 2.76. The summed E-state index contributed by atoms with van der Waals surface area (Å²) in [4.78, 5) is 0. The molecule has 0 aromatic heterocycles. The fourth-order valence-corrected chi connectivity index (χ4v) is 5.08. The quantitative estimate of drug-likeness (QED) is 0.512. The normalized spacial score (nSPS) is 11.5. The van der Waals surface area contributed by atoms with Gasteiger partial charge in [-0.1, -0.05) is 78.9 Å². The third-order valence-corrected chi connectivity index (χ3v) is 6.55. The number of fused-ring (bicyclic) bond motifs is 2. The number of hydrogen-bond donors (Lipinski definition) is 0. The summed E-state index contributed by atoms with van der Waals surface area (Å²) >= 11 is 0. The van der Waals surface area contributed by atoms with Gasteiger partial charge in [0.25, 0.3) is 0 Å². The smallest absolute Gasteiger partial charge is 0.355 e. The fourth-order valence-electron chi connectivity index (χ4n) is 3.58. The zero-order valence-corrected chi connectivity index (χ0v) is 15.6. The van der Waals surface area contributed by atoms with Gasteiger partial charge in [-0.3, -0.25) is 0 Å². The summed E-state index contributed by atoms with van der Waals surface area (Å²) in [5.41, 5.74) is 2.46. The third-order valence-electron chi connectivity index (χ3n) is 4.70. The molecule has 4 rings (SSSR count). The second-order valence-corrected chi connectivity index (χ2v) is 8.31. The van der Waals surface area contributed by atoms with Gasteiger partial charge in [0.1, 0.15) is 0 Å². The minimum absolute atomic E-state index is 1.18. The van der Waals surface area contributed by atoms with Gasteiger partial charge in [-0.25, -0.2) is 0 Å². The van der Waals surface area contributed by atoms with E-state index in [1.807, 2.05) is 0 Å². The highest BCUT2D eigenvalue weighted by Crippen LogP contribution is 2.33. The summed E-state index contributed by atoms with van der Waals surface area (Å²) in [6.45, 7) is 0. The Hall–Kier alpha value is -2.46. The Labute approximate surface area is 149 Å². The van der Waals surface area contributed by atoms with Crippen LogP contribution in [0.15, 0.2) is 78.9 Å². The Morgan fingerprint density at radius 3 is 1.92 bits per heavy atom. The minimum Gasteiger partial charge on any atom is -0.397 e. The van der Waals surface area contributed by atoms with Gasteiger partial charge in [-0.15, -0.1) is 0 Å². The van der Waals surface area contributed by atoms with Crippen molar-refractivity contribution in [3.63, 3.8) is 0 Å². The summed E-state index contributed by atoms with van der Waals surface area (Å²) < 4.78 is 11.5. The van der Waals surface area contributed by atoms with E-state index in [4.69, 9.17) is 8.85 Å². The first-order chi connectivity index (χ1) is 12.3. The molecule has 4 aromatic rings. The molecule has 0 aliphatic carbocycles. The van der Waals surface area contributed by atoms with Crippen molar-refractivity contribution < 1.29 is 8.85 Å². The molecule has 0 unspecified atom stereocenters. The van der Waals surface area contributed by atoms with Crippen LogP contribution >= 0.6 is 0 Å². The molecular weight excluding hydrogens is 324 g/mol. The molecule has 0 amide bonds. The van der Waals surface area contributed by atoms with Crippen molar-refractivity contribution in [1.29, 1.82) is 0 Å². The first-order valence-electron chi connectivity index (χ1n) is 8.39. The first kappa shape index (κ1) is 16.0. The van der Waals surface area contributed by atoms with E-state index in [1.165, 1.54) is 37.9 Å². The lowest BCUT2D eigenvalue weighted by atomic mass is 9.94. The lowest BCUT2D eigenvalue weighted by Gasteiger charge is -2.19. The van der Waals surface area contributed by atoms with Gasteiger partial charge in [0, 0.05) is 14.2 Å². The Morgan fingerprint density at radius 2 is 1.20 bits per heavy atom. The van der Waals surface area contributed by atoms with Gasteiger partial charge >= 0.3 is 9.28 Å². The summed E-state index contributed by atoms with van der Waals surface area (Å²) in [6, 6.07) is 27.9. The molecule has 25 heavy (non-hydrogen) atoms. The first-order valence-corrected chi connectivity index (χ1v) is 9.91. The molecule has 0 aliphatic heterocycles. The molecule has 3 heteroatoms. The summed E-state index contributed by atoms with van der Waals surface area (Å²) in [7, 11) is 1.53. The van der Waals surface area contributed by atoms with Crippen LogP contribution in [0.1, 0.15) is 0 Å². The van der Waals surface area contributed by atoms with Crippen molar-refractivity contribution >= 4 is 36.0 Å². The van der Waals surface area contributed by atoms with E-state index < -0.39 is 9.28 Å². The van der Waals surface area contributed by atoms with Crippen molar-refractivity contribution in [3.05, 3.63) is 78.9 Å². The van der Waals surface area contributed by atoms with E-state index in [0.717, 1.165) is 0 Å². The van der Waals surface area contributed by atoms with Crippen molar-refractivity contribution in [2.24, 2.45) is 0 Å². The summed E-state index contributed by atoms with van der Waals surface area (Å²) in [5.74, 6) is 0. The van der Waals surface area contributed by atoms with Gasteiger partial charge in [0.05, 0.1) is 0 Å². The monoisotopic (exact) mass is 344 g/mol. The van der Waals surface area contributed by atoms with Crippen LogP contribution in [0.25, 0.3) is 32.7 Å². The topological polar surface area (TPSA) is 18.5 Å². The SMILES string of the molecule is CO[SiH](OC)c1ccc2ccccc2c1-c1cccc2ccccc12. The zero-order chi connectivity index (χ0) is 17.2. The van der Waals surface area contributed by atoms with Crippen LogP contribution in [-0.4, -0.2) is 23.5 Å². The maximum atomic E-state index is 5.73. The van der Waals surface area contributed by atoms with Gasteiger partial charge in [0.15, 0.2) is 0 Å². The molecule has 4 aromatic carbocycles. The van der Waals surface area contributed by atoms with Crippen LogP contribution in [0.5, 0.6) is 0 Å². The van der Waals surface area contributed by atoms with Crippen LogP contribution < -0.4 is 5.19 Å². The number of benzene rings is 4. The van der Waals surface area contributed by atoms with Gasteiger partial charge in [-0.2, -0.15) is 0 Å². The summed E-state index contributed by atoms with van der Waals surface area (Å²) in [6.07, 6.45) is 0. The van der Waals surface area contributed by atoms with Crippen LogP contribution in [0.2, 0.25) is 0 Å². The van der Waals surface area contributed by atoms with E-state index in [-0.39, 0.29) is 0 Å². The van der Waals surface area contributed by atoms with Crippen molar-refractivity contribution in [3.8, 4) is 11.1 Å². The molecule has 0 aliphatic rings. The molecule has 124 valence electrons. The maximum Gasteiger partial charge on any atom is 0.355 e. The highest BCUT2D eigenvalue weighted by atomic mass is 28.3. The highest BCUT2D eigenvalue weighted by molar-refractivity contribution is 6.63. The maximum absolute atomic E-state index is 5.73. The van der Waals surface area contributed by atoms with Crippen LogP contribution in [0.4, 0.5) is 0 Å². The fraction of sp³-hybridized carbons (Fsp3) is 0.0909. The standard InChI is InChI=1S/C22H20O2Si/c1-23-25(24-2)21-15-14-17-9-4-6-12-19(17)22(21)20-13-7-10-16-8-3-5-11-18(16)20/h3-15,25H,1-2H3. The lowest BCUT2D eigenvalue weighted by molar-refractivity contribution is 0.292. The van der Waals surface area contributed by atoms with Gasteiger partial charge in [-0.05, 0) is 37.9 Å². The van der Waals surface area contributed by atoms with E-state index in [2.05, 4.69) is 78.9 Å². The highest BCUT2D eigenvalue weighted by Gasteiger charge is 2.21. The van der Waals surface area contributed by atoms with Gasteiger partial charge in [0.2, 0.25) is 0 Å². The Balaban J connectivity index is 2.12. The second-order valence-electron chi connectivity index (χ2n) is 6.08. The van der Waals surface area contributed by atoms with Gasteiger partial charge < -0.3 is 8.85 Å². The van der Waals surface area contributed by atoms with E-state index in [0.29, 0.717) is 0 Å². The lowest BCUT2D eigenvalue weighted by Crippen LogP contribution is -2.36. The molecule has 0 bridgehead atoms. The van der Waals surface area contributed by atoms with E-state index in [9.17, 15) is 0 Å². The molecule has 0 saturated carbocycles. The van der Waals surface area contributed by atoms with Crippen molar-refractivity contribution in [2.45, 2.75) is 0 Å². The molecular formula is C22H20O2Si. The summed E-state index contributed by atoms with van der Waals surface area (Å²) in [5, 5.41) is 6.15. The second kappa shape index (κ2) is 6.80. The van der Waals surface area contributed by atoms with Crippen LogP contribution in [0, 0.1) is 0 Å². The molecule has 2 nitrogen and oxygen atoms in total. The van der Waals surface area contributed by atoms with Crippen LogP contribution in [-0.2, 0) is 8.85 Å². The predicted octanol–water partition coefficient (Wildman–Crippen LogP) is 4.38. The average molecular weight is 344 g/mol. The van der Waals surface area contributed by atoms with Crippen molar-refractivity contribution in [2.75, 3.05) is 14.2 Å².